The Morgan fingerprint density at radius 3 is 2.24 bits per heavy atom. The van der Waals surface area contributed by atoms with Gasteiger partial charge in [0, 0.05) is 28.9 Å². The highest BCUT2D eigenvalue weighted by atomic mass is 35.5. The topological polar surface area (TPSA) is 55.1 Å². The van der Waals surface area contributed by atoms with Crippen LogP contribution in [0.15, 0.2) is 91.1 Å². The number of alkyl halides is 3. The fourth-order valence-electron chi connectivity index (χ4n) is 4.33. The molecule has 0 fully saturated rings. The van der Waals surface area contributed by atoms with Gasteiger partial charge < -0.3 is 9.67 Å². The molecule has 0 atom stereocenters. The van der Waals surface area contributed by atoms with Crippen molar-refractivity contribution in [3.63, 3.8) is 0 Å². The summed E-state index contributed by atoms with van der Waals surface area (Å²) in [5, 5.41) is 10.1. The van der Waals surface area contributed by atoms with Crippen molar-refractivity contribution in [2.45, 2.75) is 12.7 Å². The van der Waals surface area contributed by atoms with E-state index >= 15 is 0 Å². The normalized spacial score (nSPS) is 11.8. The summed E-state index contributed by atoms with van der Waals surface area (Å²) in [6.45, 7) is 0.380. The standard InChI is InChI=1S/C32H20Cl2F4N2O2/c33-24-11-12-25(27(34)16-24)29-18-40(17-20-3-8-22(9-4-20)31(41)42)30(39-29)14-5-19-1-6-21(7-2-19)26-15-23(32(36,37)38)10-13-28(26)35/h1-16,18H,17H2,(H,41,42)/b14-5+. The van der Waals surface area contributed by atoms with Crippen LogP contribution in [-0.2, 0) is 12.7 Å². The van der Waals surface area contributed by atoms with Gasteiger partial charge in [-0.1, -0.05) is 65.7 Å². The summed E-state index contributed by atoms with van der Waals surface area (Å²) < 4.78 is 55.6. The number of imidazole rings is 1. The Morgan fingerprint density at radius 1 is 0.881 bits per heavy atom. The Balaban J connectivity index is 1.46. The third-order valence-electron chi connectivity index (χ3n) is 6.51. The van der Waals surface area contributed by atoms with Crippen LogP contribution in [-0.4, -0.2) is 20.6 Å². The molecule has 0 saturated heterocycles. The molecule has 0 aliphatic rings. The fraction of sp³-hybridized carbons (Fsp3) is 0.0625. The fourth-order valence-corrected chi connectivity index (χ4v) is 4.84. The van der Waals surface area contributed by atoms with Gasteiger partial charge in [-0.2, -0.15) is 13.2 Å². The van der Waals surface area contributed by atoms with Gasteiger partial charge in [0.2, 0.25) is 0 Å². The third-order valence-corrected chi connectivity index (χ3v) is 7.06. The number of hydrogen-bond acceptors (Lipinski definition) is 2. The summed E-state index contributed by atoms with van der Waals surface area (Å²) in [6, 6.07) is 20.3. The number of nitrogens with zero attached hydrogens (tertiary/aromatic N) is 2. The minimum atomic E-state index is -4.58. The molecule has 0 spiro atoms. The van der Waals surface area contributed by atoms with Crippen LogP contribution in [0.25, 0.3) is 34.5 Å². The van der Waals surface area contributed by atoms with Crippen molar-refractivity contribution in [2.24, 2.45) is 0 Å². The first-order chi connectivity index (χ1) is 20.0. The number of rotatable bonds is 7. The highest BCUT2D eigenvalue weighted by Gasteiger charge is 2.31. The summed E-state index contributed by atoms with van der Waals surface area (Å²) in [7, 11) is 0. The number of halogens is 6. The van der Waals surface area contributed by atoms with Crippen molar-refractivity contribution >= 4 is 41.3 Å². The minimum Gasteiger partial charge on any atom is -0.478 e. The van der Waals surface area contributed by atoms with E-state index in [9.17, 15) is 27.5 Å². The van der Waals surface area contributed by atoms with Gasteiger partial charge in [-0.05, 0) is 71.3 Å². The largest absolute Gasteiger partial charge is 0.478 e. The lowest BCUT2D eigenvalue weighted by Crippen LogP contribution is -2.05. The molecule has 0 radical (unpaired) electrons. The predicted molar refractivity (Wildman–Crippen MR) is 156 cm³/mol. The second-order valence-electron chi connectivity index (χ2n) is 9.39. The van der Waals surface area contributed by atoms with Crippen molar-refractivity contribution in [3.05, 3.63) is 135 Å². The molecular formula is C32H20Cl2F4N2O2. The molecule has 1 heterocycles. The van der Waals surface area contributed by atoms with Gasteiger partial charge in [-0.25, -0.2) is 14.2 Å². The molecule has 42 heavy (non-hydrogen) atoms. The van der Waals surface area contributed by atoms with E-state index in [0.29, 0.717) is 50.9 Å². The Labute approximate surface area is 248 Å². The van der Waals surface area contributed by atoms with E-state index in [0.717, 1.165) is 17.7 Å². The number of benzene rings is 4. The van der Waals surface area contributed by atoms with Gasteiger partial charge in [0.1, 0.15) is 11.6 Å². The highest BCUT2D eigenvalue weighted by molar-refractivity contribution is 6.36. The van der Waals surface area contributed by atoms with Crippen molar-refractivity contribution < 1.29 is 27.5 Å². The monoisotopic (exact) mass is 610 g/mol. The lowest BCUT2D eigenvalue weighted by molar-refractivity contribution is -0.137. The molecule has 212 valence electrons. The van der Waals surface area contributed by atoms with Crippen LogP contribution in [0.3, 0.4) is 0 Å². The van der Waals surface area contributed by atoms with E-state index in [2.05, 4.69) is 0 Å². The van der Waals surface area contributed by atoms with E-state index in [1.807, 2.05) is 10.8 Å². The van der Waals surface area contributed by atoms with Gasteiger partial charge in [-0.15, -0.1) is 0 Å². The van der Waals surface area contributed by atoms with Crippen LogP contribution < -0.4 is 0 Å². The van der Waals surface area contributed by atoms with Crippen molar-refractivity contribution in [1.29, 1.82) is 0 Å². The van der Waals surface area contributed by atoms with Crippen LogP contribution in [0.1, 0.15) is 32.9 Å². The Bertz CT molecular complexity index is 1800. The summed E-state index contributed by atoms with van der Waals surface area (Å²) in [6.07, 6.45) is 0.768. The molecule has 4 aromatic carbocycles. The Hall–Kier alpha value is -4.40. The molecule has 10 heteroatoms. The number of aromatic carboxylic acids is 1. The first-order valence-corrected chi connectivity index (χ1v) is 13.2. The summed E-state index contributed by atoms with van der Waals surface area (Å²) in [5.74, 6) is -1.21. The number of carboxylic acid groups (broad SMARTS) is 1. The maximum absolute atomic E-state index is 14.4. The van der Waals surface area contributed by atoms with Crippen molar-refractivity contribution in [1.82, 2.24) is 9.55 Å². The molecule has 0 amide bonds. The number of hydrogen-bond donors (Lipinski definition) is 1. The molecule has 5 aromatic rings. The third kappa shape index (κ3) is 6.56. The zero-order valence-electron chi connectivity index (χ0n) is 21.5. The van der Waals surface area contributed by atoms with Gasteiger partial charge in [-0.3, -0.25) is 0 Å². The summed E-state index contributed by atoms with van der Waals surface area (Å²) in [5.41, 5.74) is 2.22. The Kier molecular flexibility index (Phi) is 8.20. The number of carboxylic acids is 1. The van der Waals surface area contributed by atoms with Crippen LogP contribution in [0.2, 0.25) is 10.0 Å². The number of aromatic nitrogens is 2. The van der Waals surface area contributed by atoms with Gasteiger partial charge in [0.15, 0.2) is 0 Å². The van der Waals surface area contributed by atoms with Crippen molar-refractivity contribution in [3.8, 4) is 22.4 Å². The molecule has 0 saturated carbocycles. The van der Waals surface area contributed by atoms with E-state index in [-0.39, 0.29) is 11.1 Å². The average molecular weight is 611 g/mol. The van der Waals surface area contributed by atoms with Crippen LogP contribution in [0.5, 0.6) is 0 Å². The molecule has 1 aromatic heterocycles. The molecular weight excluding hydrogens is 591 g/mol. The van der Waals surface area contributed by atoms with Gasteiger partial charge in [0.05, 0.1) is 21.8 Å². The average Bonchev–Trinajstić information content (AvgIpc) is 3.34. The molecule has 0 aliphatic carbocycles. The summed E-state index contributed by atoms with van der Waals surface area (Å²) in [4.78, 5) is 16.0. The van der Waals surface area contributed by atoms with E-state index < -0.39 is 23.5 Å². The molecule has 0 bridgehead atoms. The van der Waals surface area contributed by atoms with Gasteiger partial charge in [0.25, 0.3) is 0 Å². The lowest BCUT2D eigenvalue weighted by Gasteiger charge is -2.10. The zero-order valence-corrected chi connectivity index (χ0v) is 23.1. The van der Waals surface area contributed by atoms with E-state index in [1.54, 1.807) is 66.7 Å². The molecule has 0 aliphatic heterocycles. The molecule has 0 unspecified atom stereocenters. The second kappa shape index (κ2) is 11.8. The maximum Gasteiger partial charge on any atom is 0.416 e. The minimum absolute atomic E-state index is 0.144. The maximum atomic E-state index is 14.4. The number of carbonyl (C=O) groups is 1. The summed E-state index contributed by atoms with van der Waals surface area (Å²) >= 11 is 12.5. The van der Waals surface area contributed by atoms with Crippen LogP contribution in [0, 0.1) is 5.82 Å². The first-order valence-electron chi connectivity index (χ1n) is 12.5. The van der Waals surface area contributed by atoms with E-state index in [1.165, 1.54) is 12.1 Å². The zero-order chi connectivity index (χ0) is 30.0. The molecule has 4 nitrogen and oxygen atoms in total. The molecule has 5 rings (SSSR count). The quantitative estimate of drug-likeness (QED) is 0.187. The molecule has 1 N–H and O–H groups in total. The lowest BCUT2D eigenvalue weighted by atomic mass is 10.0. The van der Waals surface area contributed by atoms with Crippen LogP contribution in [0.4, 0.5) is 17.6 Å². The first kappa shape index (κ1) is 29.1. The SMILES string of the molecule is O=C(O)c1ccc(Cn2cc(-c3ccc(Cl)cc3Cl)nc2/C=C/c2ccc(-c3cc(C(F)(F)F)ccc3F)cc2)cc1. The van der Waals surface area contributed by atoms with Crippen LogP contribution >= 0.6 is 23.2 Å². The Morgan fingerprint density at radius 2 is 1.60 bits per heavy atom. The predicted octanol–water partition coefficient (Wildman–Crippen LogP) is 9.60. The van der Waals surface area contributed by atoms with Crippen molar-refractivity contribution in [2.75, 3.05) is 0 Å². The highest BCUT2D eigenvalue weighted by Crippen LogP contribution is 2.34. The van der Waals surface area contributed by atoms with Gasteiger partial charge >= 0.3 is 12.1 Å². The second-order valence-corrected chi connectivity index (χ2v) is 10.2. The van der Waals surface area contributed by atoms with E-state index in [4.69, 9.17) is 28.2 Å². The smallest absolute Gasteiger partial charge is 0.416 e.